The second kappa shape index (κ2) is 11.3. The molecule has 30 heavy (non-hydrogen) atoms. The fraction of sp³-hybridized carbons (Fsp3) is 0.217. The maximum absolute atomic E-state index is 6.31. The van der Waals surface area contributed by atoms with Crippen molar-refractivity contribution in [3.05, 3.63) is 100 Å². The van der Waals surface area contributed by atoms with E-state index in [1.807, 2.05) is 73.2 Å². The van der Waals surface area contributed by atoms with E-state index in [0.29, 0.717) is 26.2 Å². The van der Waals surface area contributed by atoms with Gasteiger partial charge in [0.1, 0.15) is 5.75 Å². The van der Waals surface area contributed by atoms with E-state index in [1.165, 1.54) is 0 Å². The molecule has 6 nitrogen and oxygen atoms in total. The van der Waals surface area contributed by atoms with Crippen molar-refractivity contribution in [1.29, 1.82) is 0 Å². The molecule has 0 aliphatic heterocycles. The molecule has 0 aliphatic rings. The minimum Gasteiger partial charge on any atom is -0.496 e. The van der Waals surface area contributed by atoms with Gasteiger partial charge in [-0.2, -0.15) is 0 Å². The molecule has 0 amide bonds. The van der Waals surface area contributed by atoms with Crippen LogP contribution in [0.1, 0.15) is 17.0 Å². The van der Waals surface area contributed by atoms with Crippen molar-refractivity contribution >= 4 is 15.9 Å². The molecule has 0 bridgehead atoms. The van der Waals surface area contributed by atoms with Crippen molar-refractivity contribution in [3.63, 3.8) is 0 Å². The number of benzene rings is 1. The fourth-order valence-electron chi connectivity index (χ4n) is 3.03. The zero-order valence-corrected chi connectivity index (χ0v) is 18.5. The van der Waals surface area contributed by atoms with Crippen LogP contribution in [0.3, 0.4) is 0 Å². The normalized spacial score (nSPS) is 11.5. The van der Waals surface area contributed by atoms with Crippen molar-refractivity contribution in [1.82, 2.24) is 20.2 Å². The molecule has 1 aromatic carbocycles. The van der Waals surface area contributed by atoms with E-state index in [2.05, 4.69) is 36.1 Å². The van der Waals surface area contributed by atoms with Crippen LogP contribution < -0.4 is 15.8 Å². The summed E-state index contributed by atoms with van der Waals surface area (Å²) in [6, 6.07) is 17.9. The molecule has 2 aromatic heterocycles. The molecule has 0 spiro atoms. The van der Waals surface area contributed by atoms with E-state index >= 15 is 0 Å². The Bertz CT molecular complexity index is 909. The highest BCUT2D eigenvalue weighted by molar-refractivity contribution is 9.10. The molecule has 0 atom stereocenters. The van der Waals surface area contributed by atoms with Crippen molar-refractivity contribution in [2.45, 2.75) is 19.6 Å². The van der Waals surface area contributed by atoms with E-state index in [-0.39, 0.29) is 0 Å². The third-order valence-electron chi connectivity index (χ3n) is 4.44. The maximum atomic E-state index is 6.31. The molecule has 3 N–H and O–H groups in total. The number of aromatic nitrogens is 2. The summed E-state index contributed by atoms with van der Waals surface area (Å²) in [5.74, 6) is 0.813. The SMILES string of the molecule is COc1ccc(CN/C=C(\N)CN(Cc2ccccn2)Cc2ccccn2)cc1Br. The van der Waals surface area contributed by atoms with Gasteiger partial charge in [0, 0.05) is 50.5 Å². The molecule has 0 aliphatic carbocycles. The smallest absolute Gasteiger partial charge is 0.133 e. The van der Waals surface area contributed by atoms with Gasteiger partial charge in [-0.05, 0) is 57.9 Å². The lowest BCUT2D eigenvalue weighted by molar-refractivity contribution is 0.271. The van der Waals surface area contributed by atoms with Crippen LogP contribution in [-0.2, 0) is 19.6 Å². The van der Waals surface area contributed by atoms with Crippen LogP contribution in [0.2, 0.25) is 0 Å². The number of hydrogen-bond acceptors (Lipinski definition) is 6. The summed E-state index contributed by atoms with van der Waals surface area (Å²) in [6.07, 6.45) is 5.48. The molecular formula is C23H26BrN5O. The Labute approximate surface area is 185 Å². The average molecular weight is 468 g/mol. The summed E-state index contributed by atoms with van der Waals surface area (Å²) >= 11 is 3.51. The van der Waals surface area contributed by atoms with Gasteiger partial charge in [0.05, 0.1) is 23.0 Å². The van der Waals surface area contributed by atoms with Crippen molar-refractivity contribution < 1.29 is 4.74 Å². The molecule has 156 valence electrons. The van der Waals surface area contributed by atoms with Crippen LogP contribution >= 0.6 is 15.9 Å². The van der Waals surface area contributed by atoms with Crippen molar-refractivity contribution in [2.75, 3.05) is 13.7 Å². The Balaban J connectivity index is 1.61. The van der Waals surface area contributed by atoms with Crippen molar-refractivity contribution in [2.24, 2.45) is 5.73 Å². The molecule has 0 saturated heterocycles. The van der Waals surface area contributed by atoms with Crippen LogP contribution in [0.15, 0.2) is 83.4 Å². The molecule has 0 unspecified atom stereocenters. The number of nitrogens with zero attached hydrogens (tertiary/aromatic N) is 3. The first-order valence-corrected chi connectivity index (χ1v) is 10.5. The first-order chi connectivity index (χ1) is 14.6. The standard InChI is InChI=1S/C23H26BrN5O/c1-30-23-9-8-18(12-22(23)24)13-26-14-19(25)15-29(16-20-6-2-4-10-27-20)17-21-7-3-5-11-28-21/h2-12,14,26H,13,15-17,25H2,1H3/b19-14-. The highest BCUT2D eigenvalue weighted by Gasteiger charge is 2.10. The summed E-state index contributed by atoms with van der Waals surface area (Å²) in [7, 11) is 1.66. The van der Waals surface area contributed by atoms with E-state index in [4.69, 9.17) is 10.5 Å². The first-order valence-electron chi connectivity index (χ1n) is 9.66. The number of rotatable bonds is 10. The predicted octanol–water partition coefficient (Wildman–Crippen LogP) is 3.84. The lowest BCUT2D eigenvalue weighted by Gasteiger charge is -2.22. The lowest BCUT2D eigenvalue weighted by atomic mass is 10.2. The number of hydrogen-bond donors (Lipinski definition) is 2. The largest absolute Gasteiger partial charge is 0.496 e. The summed E-state index contributed by atoms with van der Waals surface area (Å²) < 4.78 is 6.20. The molecule has 2 heterocycles. The number of pyridine rings is 2. The molecular weight excluding hydrogens is 442 g/mol. The number of nitrogens with two attached hydrogens (primary N) is 1. The fourth-order valence-corrected chi connectivity index (χ4v) is 3.62. The monoisotopic (exact) mass is 467 g/mol. The Morgan fingerprint density at radius 3 is 2.27 bits per heavy atom. The van der Waals surface area contributed by atoms with E-state index in [0.717, 1.165) is 32.9 Å². The summed E-state index contributed by atoms with van der Waals surface area (Å²) in [4.78, 5) is 11.1. The number of nitrogens with one attached hydrogen (secondary N) is 1. The molecule has 0 saturated carbocycles. The third kappa shape index (κ3) is 6.86. The highest BCUT2D eigenvalue weighted by atomic mass is 79.9. The van der Waals surface area contributed by atoms with Crippen LogP contribution in [-0.4, -0.2) is 28.5 Å². The molecule has 3 rings (SSSR count). The van der Waals surface area contributed by atoms with Gasteiger partial charge in [-0.3, -0.25) is 14.9 Å². The zero-order chi connectivity index (χ0) is 21.2. The van der Waals surface area contributed by atoms with Gasteiger partial charge in [-0.1, -0.05) is 18.2 Å². The average Bonchev–Trinajstić information content (AvgIpc) is 2.75. The Morgan fingerprint density at radius 2 is 1.73 bits per heavy atom. The molecule has 0 fully saturated rings. The topological polar surface area (TPSA) is 76.3 Å². The van der Waals surface area contributed by atoms with Gasteiger partial charge in [-0.15, -0.1) is 0 Å². The molecule has 7 heteroatoms. The van der Waals surface area contributed by atoms with Gasteiger partial charge in [0.15, 0.2) is 0 Å². The first kappa shape index (κ1) is 21.8. The van der Waals surface area contributed by atoms with Gasteiger partial charge >= 0.3 is 0 Å². The van der Waals surface area contributed by atoms with Gasteiger partial charge in [0.2, 0.25) is 0 Å². The Morgan fingerprint density at radius 1 is 1.07 bits per heavy atom. The molecule has 0 radical (unpaired) electrons. The maximum Gasteiger partial charge on any atom is 0.133 e. The lowest BCUT2D eigenvalue weighted by Crippen LogP contribution is -2.29. The summed E-state index contributed by atoms with van der Waals surface area (Å²) in [5, 5.41) is 3.29. The number of ether oxygens (including phenoxy) is 1. The van der Waals surface area contributed by atoms with Crippen LogP contribution in [0.4, 0.5) is 0 Å². The van der Waals surface area contributed by atoms with Crippen LogP contribution in [0.25, 0.3) is 0 Å². The minimum atomic E-state index is 0.604. The predicted molar refractivity (Wildman–Crippen MR) is 122 cm³/mol. The number of halogens is 1. The van der Waals surface area contributed by atoms with E-state index in [9.17, 15) is 0 Å². The van der Waals surface area contributed by atoms with Crippen LogP contribution in [0.5, 0.6) is 5.75 Å². The van der Waals surface area contributed by atoms with Gasteiger partial charge in [-0.25, -0.2) is 0 Å². The van der Waals surface area contributed by atoms with Crippen molar-refractivity contribution in [3.8, 4) is 5.75 Å². The summed E-state index contributed by atoms with van der Waals surface area (Å²) in [5.41, 5.74) is 10.2. The summed E-state index contributed by atoms with van der Waals surface area (Å²) in [6.45, 7) is 2.66. The van der Waals surface area contributed by atoms with Gasteiger partial charge < -0.3 is 15.8 Å². The third-order valence-corrected chi connectivity index (χ3v) is 5.06. The quantitative estimate of drug-likeness (QED) is 0.471. The van der Waals surface area contributed by atoms with Crippen LogP contribution in [0, 0.1) is 0 Å². The minimum absolute atomic E-state index is 0.604. The van der Waals surface area contributed by atoms with Gasteiger partial charge in [0.25, 0.3) is 0 Å². The second-order valence-electron chi connectivity index (χ2n) is 6.86. The second-order valence-corrected chi connectivity index (χ2v) is 7.71. The zero-order valence-electron chi connectivity index (χ0n) is 17.0. The Hall–Kier alpha value is -2.90. The molecule has 3 aromatic rings. The Kier molecular flexibility index (Phi) is 8.23. The van der Waals surface area contributed by atoms with E-state index in [1.54, 1.807) is 7.11 Å². The van der Waals surface area contributed by atoms with E-state index < -0.39 is 0 Å². The number of methoxy groups -OCH3 is 1. The highest BCUT2D eigenvalue weighted by Crippen LogP contribution is 2.25.